The Kier molecular flexibility index (Phi) is 5.56. The van der Waals surface area contributed by atoms with E-state index in [2.05, 4.69) is 10.4 Å². The number of amides is 1. The van der Waals surface area contributed by atoms with Gasteiger partial charge < -0.3 is 5.32 Å². The van der Waals surface area contributed by atoms with E-state index in [0.29, 0.717) is 28.4 Å². The van der Waals surface area contributed by atoms with Crippen molar-refractivity contribution in [3.63, 3.8) is 0 Å². The summed E-state index contributed by atoms with van der Waals surface area (Å²) in [6.45, 7) is 2.02. The SMILES string of the molecule is Cc1cccc(-n2ncc3c(=O)n4c(nc32)SCC4CC(=O)NC2CCCCCC2)c1. The first-order valence-corrected chi connectivity index (χ1v) is 12.1. The van der Waals surface area contributed by atoms with Gasteiger partial charge in [0.1, 0.15) is 5.39 Å². The minimum Gasteiger partial charge on any atom is -0.353 e. The van der Waals surface area contributed by atoms with Crippen molar-refractivity contribution >= 4 is 28.7 Å². The van der Waals surface area contributed by atoms with E-state index in [1.165, 1.54) is 37.4 Å². The number of aromatic nitrogens is 4. The van der Waals surface area contributed by atoms with Gasteiger partial charge in [-0.2, -0.15) is 5.10 Å². The Hall–Kier alpha value is -2.61. The number of carbonyl (C=O) groups is 1. The molecule has 2 aliphatic rings. The maximum Gasteiger partial charge on any atom is 0.265 e. The van der Waals surface area contributed by atoms with Crippen LogP contribution in [0.1, 0.15) is 56.6 Å². The van der Waals surface area contributed by atoms with Crippen LogP contribution >= 0.6 is 11.8 Å². The lowest BCUT2D eigenvalue weighted by molar-refractivity contribution is -0.122. The Bertz CT molecular complexity index is 1180. The molecule has 0 spiro atoms. The van der Waals surface area contributed by atoms with Crippen molar-refractivity contribution in [3.8, 4) is 5.69 Å². The average molecular weight is 438 g/mol. The monoisotopic (exact) mass is 437 g/mol. The zero-order valence-electron chi connectivity index (χ0n) is 17.7. The lowest BCUT2D eigenvalue weighted by atomic mass is 10.1. The quantitative estimate of drug-likeness (QED) is 0.496. The zero-order valence-corrected chi connectivity index (χ0v) is 18.5. The van der Waals surface area contributed by atoms with Crippen LogP contribution in [0.5, 0.6) is 0 Å². The number of carbonyl (C=O) groups excluding carboxylic acids is 1. The summed E-state index contributed by atoms with van der Waals surface area (Å²) >= 11 is 1.54. The Morgan fingerprint density at radius 3 is 2.81 bits per heavy atom. The fourth-order valence-corrected chi connectivity index (χ4v) is 5.78. The third-order valence-electron chi connectivity index (χ3n) is 6.26. The summed E-state index contributed by atoms with van der Waals surface area (Å²) in [6, 6.07) is 8.07. The van der Waals surface area contributed by atoms with E-state index in [9.17, 15) is 9.59 Å². The van der Waals surface area contributed by atoms with Gasteiger partial charge in [-0.25, -0.2) is 9.67 Å². The number of nitrogens with zero attached hydrogens (tertiary/aromatic N) is 4. The molecule has 1 fully saturated rings. The Balaban J connectivity index is 1.40. The maximum absolute atomic E-state index is 13.3. The first-order chi connectivity index (χ1) is 15.1. The van der Waals surface area contributed by atoms with Crippen LogP contribution in [0, 0.1) is 6.92 Å². The summed E-state index contributed by atoms with van der Waals surface area (Å²) in [5.41, 5.74) is 2.46. The number of rotatable bonds is 4. The van der Waals surface area contributed by atoms with Gasteiger partial charge in [0.25, 0.3) is 5.56 Å². The Morgan fingerprint density at radius 1 is 1.23 bits per heavy atom. The van der Waals surface area contributed by atoms with E-state index in [1.807, 2.05) is 31.2 Å². The molecule has 5 rings (SSSR count). The second-order valence-electron chi connectivity index (χ2n) is 8.63. The van der Waals surface area contributed by atoms with Gasteiger partial charge in [-0.05, 0) is 37.5 Å². The number of aryl methyl sites for hydroxylation is 1. The third kappa shape index (κ3) is 4.01. The number of hydrogen-bond acceptors (Lipinski definition) is 5. The number of fused-ring (bicyclic) bond motifs is 2. The molecular formula is C23H27N5O2S. The van der Waals surface area contributed by atoms with Gasteiger partial charge in [-0.3, -0.25) is 14.2 Å². The molecule has 3 heterocycles. The topological polar surface area (TPSA) is 81.8 Å². The molecule has 1 aromatic carbocycles. The van der Waals surface area contributed by atoms with Crippen LogP contribution in [0.15, 0.2) is 40.4 Å². The molecule has 0 saturated heterocycles. The lowest BCUT2D eigenvalue weighted by Crippen LogP contribution is -2.36. The highest BCUT2D eigenvalue weighted by Crippen LogP contribution is 2.33. The van der Waals surface area contributed by atoms with Gasteiger partial charge in [0.15, 0.2) is 10.8 Å². The third-order valence-corrected chi connectivity index (χ3v) is 7.36. The van der Waals surface area contributed by atoms with Gasteiger partial charge in [-0.1, -0.05) is 49.6 Å². The summed E-state index contributed by atoms with van der Waals surface area (Å²) in [7, 11) is 0. The number of hydrogen-bond donors (Lipinski definition) is 1. The van der Waals surface area contributed by atoms with Crippen LogP contribution < -0.4 is 10.9 Å². The molecule has 7 nitrogen and oxygen atoms in total. The minimum absolute atomic E-state index is 0.0350. The molecule has 1 amide bonds. The van der Waals surface area contributed by atoms with Crippen molar-refractivity contribution in [3.05, 3.63) is 46.4 Å². The Morgan fingerprint density at radius 2 is 2.03 bits per heavy atom. The van der Waals surface area contributed by atoms with Crippen molar-refractivity contribution in [2.24, 2.45) is 0 Å². The molecule has 1 aliphatic heterocycles. The molecule has 3 aromatic rings. The van der Waals surface area contributed by atoms with Gasteiger partial charge in [-0.15, -0.1) is 0 Å². The van der Waals surface area contributed by atoms with Crippen molar-refractivity contribution in [2.75, 3.05) is 5.75 Å². The molecule has 162 valence electrons. The second kappa shape index (κ2) is 8.49. The van der Waals surface area contributed by atoms with Crippen LogP contribution in [0.3, 0.4) is 0 Å². The van der Waals surface area contributed by atoms with E-state index >= 15 is 0 Å². The standard InChI is InChI=1S/C23H27N5O2S/c1-15-7-6-10-17(11-15)28-21-19(13-24-28)22(30)27-18(14-31-23(27)26-21)12-20(29)25-16-8-4-2-3-5-9-16/h6-7,10-11,13,16,18H,2-5,8-9,12,14H2,1H3,(H,25,29). The predicted molar refractivity (Wildman–Crippen MR) is 122 cm³/mol. The zero-order chi connectivity index (χ0) is 21.4. The van der Waals surface area contributed by atoms with Crippen LogP contribution in [0.4, 0.5) is 0 Å². The van der Waals surface area contributed by atoms with Crippen molar-refractivity contribution < 1.29 is 4.79 Å². The van der Waals surface area contributed by atoms with Crippen LogP contribution in [0.25, 0.3) is 16.7 Å². The summed E-state index contributed by atoms with van der Waals surface area (Å²) < 4.78 is 3.42. The molecule has 0 radical (unpaired) electrons. The average Bonchev–Trinajstić information content (AvgIpc) is 3.26. The van der Waals surface area contributed by atoms with E-state index in [0.717, 1.165) is 24.1 Å². The fraction of sp³-hybridized carbons (Fsp3) is 0.478. The van der Waals surface area contributed by atoms with E-state index in [-0.39, 0.29) is 23.6 Å². The highest BCUT2D eigenvalue weighted by atomic mass is 32.2. The molecule has 2 aromatic heterocycles. The molecule has 1 N–H and O–H groups in total. The maximum atomic E-state index is 13.3. The molecule has 8 heteroatoms. The summed E-state index contributed by atoms with van der Waals surface area (Å²) in [5.74, 6) is 0.720. The summed E-state index contributed by atoms with van der Waals surface area (Å²) in [4.78, 5) is 30.8. The lowest BCUT2D eigenvalue weighted by Gasteiger charge is -2.18. The first kappa shape index (κ1) is 20.3. The van der Waals surface area contributed by atoms with E-state index in [1.54, 1.807) is 15.4 Å². The molecule has 1 unspecified atom stereocenters. The van der Waals surface area contributed by atoms with Gasteiger partial charge in [0.05, 0.1) is 17.9 Å². The Labute approximate surface area is 185 Å². The normalized spacial score (nSPS) is 19.3. The fourth-order valence-electron chi connectivity index (χ4n) is 4.65. The second-order valence-corrected chi connectivity index (χ2v) is 9.61. The largest absolute Gasteiger partial charge is 0.353 e. The molecular weight excluding hydrogens is 410 g/mol. The molecule has 1 atom stereocenters. The first-order valence-electron chi connectivity index (χ1n) is 11.1. The van der Waals surface area contributed by atoms with Gasteiger partial charge in [0.2, 0.25) is 5.91 Å². The smallest absolute Gasteiger partial charge is 0.265 e. The van der Waals surface area contributed by atoms with E-state index in [4.69, 9.17) is 4.98 Å². The highest BCUT2D eigenvalue weighted by molar-refractivity contribution is 7.99. The van der Waals surface area contributed by atoms with Gasteiger partial charge >= 0.3 is 0 Å². The summed E-state index contributed by atoms with van der Waals surface area (Å²) in [6.07, 6.45) is 8.89. The molecule has 1 aliphatic carbocycles. The highest BCUT2D eigenvalue weighted by Gasteiger charge is 2.30. The van der Waals surface area contributed by atoms with Crippen LogP contribution in [-0.2, 0) is 4.79 Å². The number of nitrogens with one attached hydrogen (secondary N) is 1. The molecule has 0 bridgehead atoms. The van der Waals surface area contributed by atoms with Gasteiger partial charge in [0, 0.05) is 18.2 Å². The minimum atomic E-state index is -0.169. The van der Waals surface area contributed by atoms with Crippen molar-refractivity contribution in [1.29, 1.82) is 0 Å². The number of thioether (sulfide) groups is 1. The predicted octanol–water partition coefficient (Wildman–Crippen LogP) is 3.77. The summed E-state index contributed by atoms with van der Waals surface area (Å²) in [5, 5.41) is 8.79. The van der Waals surface area contributed by atoms with E-state index < -0.39 is 0 Å². The molecule has 31 heavy (non-hydrogen) atoms. The van der Waals surface area contributed by atoms with Crippen LogP contribution in [-0.4, -0.2) is 37.0 Å². The van der Waals surface area contributed by atoms with Crippen molar-refractivity contribution in [2.45, 2.75) is 69.1 Å². The molecule has 1 saturated carbocycles. The number of benzene rings is 1. The van der Waals surface area contributed by atoms with Crippen LogP contribution in [0.2, 0.25) is 0 Å². The van der Waals surface area contributed by atoms with Crippen molar-refractivity contribution in [1.82, 2.24) is 24.6 Å².